The van der Waals surface area contributed by atoms with Crippen LogP contribution in [0.15, 0.2) is 42.5 Å². The first-order valence-electron chi connectivity index (χ1n) is 8.46. The Morgan fingerprint density at radius 1 is 1.08 bits per heavy atom. The minimum absolute atomic E-state index is 0.0814. The highest BCUT2D eigenvalue weighted by Gasteiger charge is 2.30. The van der Waals surface area contributed by atoms with Gasteiger partial charge in [0.15, 0.2) is 17.3 Å². The molecule has 0 amide bonds. The fraction of sp³-hybridized carbons (Fsp3) is 0.250. The lowest BCUT2D eigenvalue weighted by atomic mass is 10.1. The molecule has 4 nitrogen and oxygen atoms in total. The number of methoxy groups -OCH3 is 1. The molecule has 2 aromatic carbocycles. The van der Waals surface area contributed by atoms with E-state index in [1.165, 1.54) is 13.2 Å². The van der Waals surface area contributed by atoms with E-state index in [4.69, 9.17) is 4.74 Å². The number of benzene rings is 2. The number of hydrogen-bond acceptors (Lipinski definition) is 3. The van der Waals surface area contributed by atoms with E-state index < -0.39 is 17.6 Å². The SMILES string of the molecule is CCN(CC)c1c(C(=O)OC)n(-c2ccccc2)c2ccc(F)c(F)c12. The van der Waals surface area contributed by atoms with Crippen LogP contribution in [-0.2, 0) is 4.74 Å². The third kappa shape index (κ3) is 2.71. The number of rotatable bonds is 5. The van der Waals surface area contributed by atoms with Gasteiger partial charge >= 0.3 is 5.97 Å². The molecule has 0 spiro atoms. The molecule has 3 aromatic rings. The maximum Gasteiger partial charge on any atom is 0.357 e. The number of carbonyl (C=O) groups excluding carboxylic acids is 1. The molecular weight excluding hydrogens is 338 g/mol. The average Bonchev–Trinajstić information content (AvgIpc) is 3.01. The molecule has 0 atom stereocenters. The highest BCUT2D eigenvalue weighted by molar-refractivity contribution is 6.08. The highest BCUT2D eigenvalue weighted by Crippen LogP contribution is 2.39. The second-order valence-corrected chi connectivity index (χ2v) is 5.79. The summed E-state index contributed by atoms with van der Waals surface area (Å²) >= 11 is 0. The van der Waals surface area contributed by atoms with Crippen LogP contribution in [0.4, 0.5) is 14.5 Å². The van der Waals surface area contributed by atoms with Gasteiger partial charge in [0.2, 0.25) is 0 Å². The zero-order valence-corrected chi connectivity index (χ0v) is 14.9. The van der Waals surface area contributed by atoms with Crippen molar-refractivity contribution in [1.82, 2.24) is 4.57 Å². The molecule has 6 heteroatoms. The smallest absolute Gasteiger partial charge is 0.357 e. The van der Waals surface area contributed by atoms with Crippen LogP contribution in [0.3, 0.4) is 0 Å². The molecule has 1 aromatic heterocycles. The van der Waals surface area contributed by atoms with Crippen molar-refractivity contribution in [3.8, 4) is 5.69 Å². The van der Waals surface area contributed by atoms with Gasteiger partial charge in [0.1, 0.15) is 0 Å². The monoisotopic (exact) mass is 358 g/mol. The number of esters is 1. The van der Waals surface area contributed by atoms with Gasteiger partial charge in [-0.25, -0.2) is 13.6 Å². The number of para-hydroxylation sites is 1. The topological polar surface area (TPSA) is 34.5 Å². The van der Waals surface area contributed by atoms with Gasteiger partial charge in [-0.2, -0.15) is 0 Å². The van der Waals surface area contributed by atoms with Crippen molar-refractivity contribution in [3.63, 3.8) is 0 Å². The number of ether oxygens (including phenoxy) is 1. The minimum Gasteiger partial charge on any atom is -0.464 e. The van der Waals surface area contributed by atoms with Crippen molar-refractivity contribution in [1.29, 1.82) is 0 Å². The Morgan fingerprint density at radius 2 is 1.73 bits per heavy atom. The van der Waals surface area contributed by atoms with E-state index in [1.807, 2.05) is 36.9 Å². The van der Waals surface area contributed by atoms with E-state index >= 15 is 0 Å². The summed E-state index contributed by atoms with van der Waals surface area (Å²) in [6.07, 6.45) is 0. The van der Waals surface area contributed by atoms with Crippen LogP contribution in [0.2, 0.25) is 0 Å². The summed E-state index contributed by atoms with van der Waals surface area (Å²) in [4.78, 5) is 14.5. The fourth-order valence-corrected chi connectivity index (χ4v) is 3.27. The molecule has 1 heterocycles. The summed E-state index contributed by atoms with van der Waals surface area (Å²) in [6.45, 7) is 4.86. The van der Waals surface area contributed by atoms with Crippen LogP contribution in [0, 0.1) is 11.6 Å². The van der Waals surface area contributed by atoms with Crippen molar-refractivity contribution in [3.05, 3.63) is 59.8 Å². The predicted octanol–water partition coefficient (Wildman–Crippen LogP) is 4.54. The van der Waals surface area contributed by atoms with E-state index in [9.17, 15) is 13.6 Å². The lowest BCUT2D eigenvalue weighted by Gasteiger charge is -2.22. The number of fused-ring (bicyclic) bond motifs is 1. The molecule has 3 rings (SSSR count). The molecule has 0 N–H and O–H groups in total. The van der Waals surface area contributed by atoms with E-state index in [0.29, 0.717) is 30.0 Å². The van der Waals surface area contributed by atoms with Crippen molar-refractivity contribution in [2.24, 2.45) is 0 Å². The molecule has 0 fully saturated rings. The van der Waals surface area contributed by atoms with E-state index in [0.717, 1.165) is 6.07 Å². The van der Waals surface area contributed by atoms with Crippen LogP contribution >= 0.6 is 0 Å². The number of carbonyl (C=O) groups is 1. The van der Waals surface area contributed by atoms with Crippen LogP contribution in [0.1, 0.15) is 24.3 Å². The fourth-order valence-electron chi connectivity index (χ4n) is 3.27. The summed E-state index contributed by atoms with van der Waals surface area (Å²) in [5.74, 6) is -2.52. The van der Waals surface area contributed by atoms with Gasteiger partial charge in [0.25, 0.3) is 0 Å². The Labute approximate surface area is 150 Å². The first-order valence-corrected chi connectivity index (χ1v) is 8.46. The van der Waals surface area contributed by atoms with E-state index in [1.54, 1.807) is 16.7 Å². The quantitative estimate of drug-likeness (QED) is 0.628. The zero-order chi connectivity index (χ0) is 18.8. The first-order chi connectivity index (χ1) is 12.5. The molecule has 0 saturated carbocycles. The van der Waals surface area contributed by atoms with E-state index in [-0.39, 0.29) is 11.1 Å². The Hall–Kier alpha value is -2.89. The predicted molar refractivity (Wildman–Crippen MR) is 98.1 cm³/mol. The van der Waals surface area contributed by atoms with Gasteiger partial charge in [0.05, 0.1) is 23.7 Å². The van der Waals surface area contributed by atoms with Gasteiger partial charge < -0.3 is 14.2 Å². The van der Waals surface area contributed by atoms with Gasteiger partial charge in [-0.05, 0) is 38.1 Å². The second kappa shape index (κ2) is 7.15. The van der Waals surface area contributed by atoms with Gasteiger partial charge in [-0.15, -0.1) is 0 Å². The number of anilines is 1. The zero-order valence-electron chi connectivity index (χ0n) is 14.9. The Morgan fingerprint density at radius 3 is 2.31 bits per heavy atom. The molecule has 0 saturated heterocycles. The third-order valence-electron chi connectivity index (χ3n) is 4.47. The maximum atomic E-state index is 14.8. The van der Waals surface area contributed by atoms with Crippen LogP contribution in [0.5, 0.6) is 0 Å². The highest BCUT2D eigenvalue weighted by atomic mass is 19.2. The lowest BCUT2D eigenvalue weighted by Crippen LogP contribution is -2.25. The minimum atomic E-state index is -0.968. The molecular formula is C20H20F2N2O2. The van der Waals surface area contributed by atoms with Crippen molar-refractivity contribution >= 4 is 22.6 Å². The van der Waals surface area contributed by atoms with E-state index in [2.05, 4.69) is 0 Å². The standard InChI is InChI=1S/C20H20F2N2O2/c1-4-23(5-2)18-16-15(12-11-14(21)17(16)22)24(19(18)20(25)26-3)13-9-7-6-8-10-13/h6-12H,4-5H2,1-3H3. The van der Waals surface area contributed by atoms with Crippen LogP contribution in [0.25, 0.3) is 16.6 Å². The van der Waals surface area contributed by atoms with Crippen LogP contribution in [-0.4, -0.2) is 30.7 Å². The maximum absolute atomic E-state index is 14.8. The van der Waals surface area contributed by atoms with Gasteiger partial charge in [-0.1, -0.05) is 18.2 Å². The van der Waals surface area contributed by atoms with Crippen molar-refractivity contribution < 1.29 is 18.3 Å². The Balaban J connectivity index is 2.53. The second-order valence-electron chi connectivity index (χ2n) is 5.79. The van der Waals surface area contributed by atoms with Crippen molar-refractivity contribution in [2.75, 3.05) is 25.1 Å². The molecule has 0 bridgehead atoms. The Kier molecular flexibility index (Phi) is 4.93. The molecule has 0 aliphatic rings. The van der Waals surface area contributed by atoms with Gasteiger partial charge in [-0.3, -0.25) is 0 Å². The van der Waals surface area contributed by atoms with Crippen LogP contribution < -0.4 is 4.90 Å². The number of aromatic nitrogens is 1. The normalized spacial score (nSPS) is 11.0. The number of halogens is 2. The molecule has 0 aliphatic carbocycles. The van der Waals surface area contributed by atoms with Crippen molar-refractivity contribution in [2.45, 2.75) is 13.8 Å². The number of hydrogen-bond donors (Lipinski definition) is 0. The first kappa shape index (κ1) is 17.9. The average molecular weight is 358 g/mol. The molecule has 26 heavy (non-hydrogen) atoms. The molecule has 0 aliphatic heterocycles. The summed E-state index contributed by atoms with van der Waals surface area (Å²) < 4.78 is 35.4. The summed E-state index contributed by atoms with van der Waals surface area (Å²) in [6, 6.07) is 11.7. The molecule has 136 valence electrons. The Bertz CT molecular complexity index is 948. The summed E-state index contributed by atoms with van der Waals surface area (Å²) in [5.41, 5.74) is 1.61. The van der Waals surface area contributed by atoms with Gasteiger partial charge in [0, 0.05) is 18.8 Å². The summed E-state index contributed by atoms with van der Waals surface area (Å²) in [5, 5.41) is 0.0814. The molecule has 0 unspecified atom stereocenters. The largest absolute Gasteiger partial charge is 0.464 e. The number of nitrogens with zero attached hydrogens (tertiary/aromatic N) is 2. The summed E-state index contributed by atoms with van der Waals surface area (Å²) in [7, 11) is 1.28. The third-order valence-corrected chi connectivity index (χ3v) is 4.47. The lowest BCUT2D eigenvalue weighted by molar-refractivity contribution is 0.0593. The molecule has 0 radical (unpaired) electrons.